The molecule has 1 fully saturated rings. The Morgan fingerprint density at radius 1 is 1.38 bits per heavy atom. The van der Waals surface area contributed by atoms with Crippen LogP contribution in [0.3, 0.4) is 0 Å². The lowest BCUT2D eigenvalue weighted by Crippen LogP contribution is -2.54. The van der Waals surface area contributed by atoms with E-state index in [1.807, 2.05) is 32.0 Å². The van der Waals surface area contributed by atoms with Gasteiger partial charge in [0.15, 0.2) is 0 Å². The lowest BCUT2D eigenvalue weighted by Gasteiger charge is -2.37. The predicted octanol–water partition coefficient (Wildman–Crippen LogP) is 2.53. The number of rotatable bonds is 5. The molecule has 0 saturated carbocycles. The third-order valence-electron chi connectivity index (χ3n) is 4.56. The summed E-state index contributed by atoms with van der Waals surface area (Å²) < 4.78 is 5.59. The molecule has 2 rings (SSSR count). The predicted molar refractivity (Wildman–Crippen MR) is 95.1 cm³/mol. The minimum Gasteiger partial charge on any atom is -0.394 e. The summed E-state index contributed by atoms with van der Waals surface area (Å²) in [6, 6.07) is 10.3. The second-order valence-electron chi connectivity index (χ2n) is 7.46. The van der Waals surface area contributed by atoms with Crippen molar-refractivity contribution in [2.24, 2.45) is 0 Å². The first-order chi connectivity index (χ1) is 11.3. The Hall–Kier alpha value is -1.59. The summed E-state index contributed by atoms with van der Waals surface area (Å²) in [6.07, 6.45) is 0.500. The lowest BCUT2D eigenvalue weighted by atomic mass is 9.79. The normalized spacial score (nSPS) is 23.0. The molecule has 134 valence electrons. The summed E-state index contributed by atoms with van der Waals surface area (Å²) in [5, 5.41) is 12.4. The highest BCUT2D eigenvalue weighted by Crippen LogP contribution is 2.28. The van der Waals surface area contributed by atoms with E-state index >= 15 is 0 Å². The molecule has 0 unspecified atom stereocenters. The van der Waals surface area contributed by atoms with Crippen molar-refractivity contribution < 1.29 is 14.6 Å². The molecule has 0 bridgehead atoms. The Morgan fingerprint density at radius 2 is 2.04 bits per heavy atom. The number of nitrogens with zero attached hydrogens (tertiary/aromatic N) is 1. The fraction of sp³-hybridized carbons (Fsp3) is 0.632. The number of benzene rings is 1. The summed E-state index contributed by atoms with van der Waals surface area (Å²) in [5.41, 5.74) is 1.26. The van der Waals surface area contributed by atoms with Crippen LogP contribution in [0.25, 0.3) is 0 Å². The molecule has 0 aromatic heterocycles. The number of nitrogens with one attached hydrogen (secondary N) is 1. The molecule has 2 N–H and O–H groups in total. The van der Waals surface area contributed by atoms with Crippen LogP contribution in [0, 0.1) is 0 Å². The van der Waals surface area contributed by atoms with Gasteiger partial charge in [-0.05, 0) is 31.2 Å². The van der Waals surface area contributed by atoms with Crippen molar-refractivity contribution in [1.29, 1.82) is 0 Å². The van der Waals surface area contributed by atoms with Crippen molar-refractivity contribution in [3.63, 3.8) is 0 Å². The zero-order valence-electron chi connectivity index (χ0n) is 15.2. The molecule has 1 saturated heterocycles. The fourth-order valence-corrected chi connectivity index (χ4v) is 3.44. The van der Waals surface area contributed by atoms with E-state index in [-0.39, 0.29) is 36.3 Å². The molecule has 5 heteroatoms. The summed E-state index contributed by atoms with van der Waals surface area (Å²) in [6.45, 7) is 9.27. The van der Waals surface area contributed by atoms with Crippen LogP contribution in [0.15, 0.2) is 30.3 Å². The van der Waals surface area contributed by atoms with Crippen molar-refractivity contribution in [2.45, 2.75) is 57.8 Å². The quantitative estimate of drug-likeness (QED) is 0.870. The first kappa shape index (κ1) is 18.7. The Labute approximate surface area is 145 Å². The van der Waals surface area contributed by atoms with Gasteiger partial charge in [0.2, 0.25) is 0 Å². The number of hydrogen-bond donors (Lipinski definition) is 2. The molecule has 1 aliphatic rings. The summed E-state index contributed by atoms with van der Waals surface area (Å²) >= 11 is 0. The van der Waals surface area contributed by atoms with Crippen molar-refractivity contribution in [2.75, 3.05) is 19.7 Å². The largest absolute Gasteiger partial charge is 0.394 e. The zero-order valence-corrected chi connectivity index (χ0v) is 15.2. The number of aliphatic hydroxyl groups is 1. The average Bonchev–Trinajstić information content (AvgIpc) is 2.54. The second kappa shape index (κ2) is 7.99. The molecular formula is C19H30N2O3. The monoisotopic (exact) mass is 334 g/mol. The number of ether oxygens (including phenoxy) is 1. The van der Waals surface area contributed by atoms with Crippen molar-refractivity contribution >= 4 is 6.03 Å². The molecule has 2 amide bonds. The number of carbonyl (C=O) groups excluding carboxylic acids is 1. The number of urea groups is 1. The van der Waals surface area contributed by atoms with Gasteiger partial charge >= 0.3 is 6.03 Å². The lowest BCUT2D eigenvalue weighted by molar-refractivity contribution is -0.0835. The van der Waals surface area contributed by atoms with Gasteiger partial charge in [-0.2, -0.15) is 0 Å². The molecule has 0 radical (unpaired) electrons. The van der Waals surface area contributed by atoms with Gasteiger partial charge in [0.25, 0.3) is 0 Å². The number of carbonyl (C=O) groups is 1. The maximum Gasteiger partial charge on any atom is 0.317 e. The van der Waals surface area contributed by atoms with Crippen LogP contribution in [0.4, 0.5) is 4.79 Å². The van der Waals surface area contributed by atoms with Crippen LogP contribution < -0.4 is 5.32 Å². The van der Waals surface area contributed by atoms with E-state index in [1.165, 1.54) is 5.56 Å². The molecule has 5 nitrogen and oxygen atoms in total. The van der Waals surface area contributed by atoms with E-state index in [0.717, 1.165) is 6.42 Å². The summed E-state index contributed by atoms with van der Waals surface area (Å²) in [4.78, 5) is 14.3. The van der Waals surface area contributed by atoms with Crippen LogP contribution in [-0.4, -0.2) is 54.0 Å². The maximum atomic E-state index is 12.5. The topological polar surface area (TPSA) is 61.8 Å². The molecule has 0 aliphatic carbocycles. The van der Waals surface area contributed by atoms with Gasteiger partial charge in [0.05, 0.1) is 25.4 Å². The van der Waals surface area contributed by atoms with Gasteiger partial charge in [-0.25, -0.2) is 4.79 Å². The van der Waals surface area contributed by atoms with E-state index in [9.17, 15) is 9.90 Å². The second-order valence-corrected chi connectivity index (χ2v) is 7.46. The SMILES string of the molecule is C[C@H](CC(C)(C)c1ccccc1)NC(=O)N1C[C@H](CO)O[C@@H](C)C1. The van der Waals surface area contributed by atoms with Gasteiger partial charge < -0.3 is 20.1 Å². The molecule has 1 heterocycles. The van der Waals surface area contributed by atoms with Crippen LogP contribution in [-0.2, 0) is 10.2 Å². The van der Waals surface area contributed by atoms with Crippen LogP contribution >= 0.6 is 0 Å². The van der Waals surface area contributed by atoms with E-state index in [2.05, 4.69) is 31.3 Å². The van der Waals surface area contributed by atoms with Gasteiger partial charge in [-0.1, -0.05) is 44.2 Å². The first-order valence-electron chi connectivity index (χ1n) is 8.69. The molecule has 3 atom stereocenters. The molecule has 1 aliphatic heterocycles. The van der Waals surface area contributed by atoms with E-state index in [4.69, 9.17) is 4.74 Å². The molecule has 24 heavy (non-hydrogen) atoms. The number of hydrogen-bond acceptors (Lipinski definition) is 3. The van der Waals surface area contributed by atoms with E-state index < -0.39 is 0 Å². The third-order valence-corrected chi connectivity index (χ3v) is 4.56. The van der Waals surface area contributed by atoms with Crippen LogP contribution in [0.1, 0.15) is 39.7 Å². The minimum atomic E-state index is -0.296. The summed E-state index contributed by atoms with van der Waals surface area (Å²) in [7, 11) is 0. The Kier molecular flexibility index (Phi) is 6.24. The van der Waals surface area contributed by atoms with Crippen molar-refractivity contribution in [3.05, 3.63) is 35.9 Å². The average molecular weight is 334 g/mol. The Balaban J connectivity index is 1.91. The maximum absolute atomic E-state index is 12.5. The third kappa shape index (κ3) is 4.95. The Bertz CT molecular complexity index is 533. The molecular weight excluding hydrogens is 304 g/mol. The van der Waals surface area contributed by atoms with Crippen molar-refractivity contribution in [1.82, 2.24) is 10.2 Å². The highest BCUT2D eigenvalue weighted by Gasteiger charge is 2.30. The zero-order chi connectivity index (χ0) is 17.7. The highest BCUT2D eigenvalue weighted by molar-refractivity contribution is 5.74. The standard InChI is InChI=1S/C19H30N2O3/c1-14(10-19(3,4)16-8-6-5-7-9-16)20-18(23)21-11-15(2)24-17(12-21)13-22/h5-9,14-15,17,22H,10-13H2,1-4H3,(H,20,23)/t14-,15+,17-/m1/s1. The number of aliphatic hydroxyl groups excluding tert-OH is 1. The van der Waals surface area contributed by atoms with Gasteiger partial charge in [-0.15, -0.1) is 0 Å². The highest BCUT2D eigenvalue weighted by atomic mass is 16.5. The van der Waals surface area contributed by atoms with Crippen molar-refractivity contribution in [3.8, 4) is 0 Å². The van der Waals surface area contributed by atoms with Crippen LogP contribution in [0.5, 0.6) is 0 Å². The summed E-state index contributed by atoms with van der Waals surface area (Å²) in [5.74, 6) is 0. The molecule has 1 aromatic carbocycles. The first-order valence-corrected chi connectivity index (χ1v) is 8.69. The number of morpholine rings is 1. The Morgan fingerprint density at radius 3 is 2.67 bits per heavy atom. The minimum absolute atomic E-state index is 0.0140. The molecule has 0 spiro atoms. The van der Waals surface area contributed by atoms with Gasteiger partial charge in [0, 0.05) is 12.6 Å². The van der Waals surface area contributed by atoms with Gasteiger partial charge in [0.1, 0.15) is 0 Å². The smallest absolute Gasteiger partial charge is 0.317 e. The van der Waals surface area contributed by atoms with E-state index in [1.54, 1.807) is 4.90 Å². The van der Waals surface area contributed by atoms with Crippen LogP contribution in [0.2, 0.25) is 0 Å². The number of amides is 2. The molecule has 1 aromatic rings. The van der Waals surface area contributed by atoms with E-state index in [0.29, 0.717) is 13.1 Å². The van der Waals surface area contributed by atoms with Gasteiger partial charge in [-0.3, -0.25) is 0 Å². The fourth-order valence-electron chi connectivity index (χ4n) is 3.44.